The fraction of sp³-hybridized carbons (Fsp3) is 0.562. The summed E-state index contributed by atoms with van der Waals surface area (Å²) in [5, 5.41) is 3.89. The lowest BCUT2D eigenvalue weighted by Gasteiger charge is -2.21. The van der Waals surface area contributed by atoms with E-state index < -0.39 is 0 Å². The monoisotopic (exact) mass is 317 g/mol. The summed E-state index contributed by atoms with van der Waals surface area (Å²) >= 11 is 0. The first kappa shape index (κ1) is 15.7. The SMILES string of the molecule is Cc1noc(C)c1C(=O)N1CCCN(Cc2nccn2C)CC1. The van der Waals surface area contributed by atoms with E-state index in [1.165, 1.54) is 0 Å². The van der Waals surface area contributed by atoms with Crippen LogP contribution in [-0.4, -0.2) is 56.6 Å². The number of rotatable bonds is 3. The van der Waals surface area contributed by atoms with Gasteiger partial charge in [-0.15, -0.1) is 0 Å². The van der Waals surface area contributed by atoms with Crippen LogP contribution in [-0.2, 0) is 13.6 Å². The lowest BCUT2D eigenvalue weighted by Crippen LogP contribution is -2.35. The Balaban J connectivity index is 1.64. The molecule has 0 aromatic carbocycles. The van der Waals surface area contributed by atoms with Crippen LogP contribution in [0.25, 0.3) is 0 Å². The van der Waals surface area contributed by atoms with Crippen molar-refractivity contribution in [2.45, 2.75) is 26.8 Å². The fourth-order valence-corrected chi connectivity index (χ4v) is 3.03. The summed E-state index contributed by atoms with van der Waals surface area (Å²) in [6, 6.07) is 0. The molecule has 7 heteroatoms. The van der Waals surface area contributed by atoms with Gasteiger partial charge in [0.1, 0.15) is 17.1 Å². The third-order valence-electron chi connectivity index (χ3n) is 4.41. The van der Waals surface area contributed by atoms with Gasteiger partial charge in [-0.2, -0.15) is 0 Å². The number of aromatic nitrogens is 3. The molecule has 1 amide bonds. The number of carbonyl (C=O) groups excluding carboxylic acids is 1. The highest BCUT2D eigenvalue weighted by molar-refractivity contribution is 5.96. The lowest BCUT2D eigenvalue weighted by molar-refractivity contribution is 0.0758. The summed E-state index contributed by atoms with van der Waals surface area (Å²) in [5.41, 5.74) is 1.28. The second-order valence-electron chi connectivity index (χ2n) is 6.08. The molecule has 1 saturated heterocycles. The largest absolute Gasteiger partial charge is 0.361 e. The van der Waals surface area contributed by atoms with Gasteiger partial charge in [0.05, 0.1) is 12.2 Å². The third-order valence-corrected chi connectivity index (χ3v) is 4.41. The molecule has 0 unspecified atom stereocenters. The molecule has 0 aliphatic carbocycles. The molecule has 124 valence electrons. The van der Waals surface area contributed by atoms with Gasteiger partial charge in [-0.05, 0) is 20.3 Å². The van der Waals surface area contributed by atoms with Crippen LogP contribution in [0.2, 0.25) is 0 Å². The molecule has 0 N–H and O–H groups in total. The molecular formula is C16H23N5O2. The number of carbonyl (C=O) groups is 1. The highest BCUT2D eigenvalue weighted by atomic mass is 16.5. The van der Waals surface area contributed by atoms with E-state index in [2.05, 4.69) is 15.0 Å². The predicted octanol–water partition coefficient (Wildman–Crippen LogP) is 1.37. The zero-order valence-electron chi connectivity index (χ0n) is 13.9. The molecule has 3 rings (SSSR count). The van der Waals surface area contributed by atoms with Gasteiger partial charge in [-0.1, -0.05) is 5.16 Å². The van der Waals surface area contributed by atoms with Crippen LogP contribution in [0.3, 0.4) is 0 Å². The molecule has 0 bridgehead atoms. The normalized spacial score (nSPS) is 16.6. The molecule has 1 aliphatic heterocycles. The zero-order valence-corrected chi connectivity index (χ0v) is 13.9. The average molecular weight is 317 g/mol. The zero-order chi connectivity index (χ0) is 16.4. The predicted molar refractivity (Wildman–Crippen MR) is 85.0 cm³/mol. The minimum atomic E-state index is 0.0279. The van der Waals surface area contributed by atoms with E-state index >= 15 is 0 Å². The van der Waals surface area contributed by atoms with E-state index in [0.29, 0.717) is 23.6 Å². The second kappa shape index (κ2) is 6.54. The molecule has 2 aromatic heterocycles. The third kappa shape index (κ3) is 3.29. The van der Waals surface area contributed by atoms with Crippen LogP contribution in [0.1, 0.15) is 34.1 Å². The molecule has 0 radical (unpaired) electrons. The number of hydrogen-bond donors (Lipinski definition) is 0. The Bertz CT molecular complexity index is 671. The van der Waals surface area contributed by atoms with Crippen LogP contribution >= 0.6 is 0 Å². The first-order chi connectivity index (χ1) is 11.1. The standard InChI is InChI=1S/C16H23N5O2/c1-12-15(13(2)23-18-12)16(22)21-7-4-6-20(9-10-21)11-14-17-5-8-19(14)3/h5,8H,4,6-7,9-11H2,1-3H3. The summed E-state index contributed by atoms with van der Waals surface area (Å²) in [6.07, 6.45) is 4.74. The second-order valence-corrected chi connectivity index (χ2v) is 6.08. The van der Waals surface area contributed by atoms with Crippen molar-refractivity contribution >= 4 is 5.91 Å². The highest BCUT2D eigenvalue weighted by Gasteiger charge is 2.25. The van der Waals surface area contributed by atoms with Gasteiger partial charge in [-0.3, -0.25) is 9.69 Å². The Morgan fingerprint density at radius 1 is 1.26 bits per heavy atom. The molecular weight excluding hydrogens is 294 g/mol. The van der Waals surface area contributed by atoms with Crippen molar-refractivity contribution in [3.05, 3.63) is 35.2 Å². The molecule has 7 nitrogen and oxygen atoms in total. The molecule has 2 aromatic rings. The van der Waals surface area contributed by atoms with E-state index in [0.717, 1.165) is 38.4 Å². The number of aryl methyl sites for hydroxylation is 3. The molecule has 23 heavy (non-hydrogen) atoms. The summed E-state index contributed by atoms with van der Waals surface area (Å²) < 4.78 is 7.16. The van der Waals surface area contributed by atoms with E-state index in [9.17, 15) is 4.79 Å². The van der Waals surface area contributed by atoms with Gasteiger partial charge in [0.2, 0.25) is 0 Å². The van der Waals surface area contributed by atoms with Crippen LogP contribution in [0.15, 0.2) is 16.9 Å². The van der Waals surface area contributed by atoms with Gasteiger partial charge in [0, 0.05) is 45.6 Å². The maximum Gasteiger partial charge on any atom is 0.259 e. The van der Waals surface area contributed by atoms with Gasteiger partial charge in [0.25, 0.3) is 5.91 Å². The Morgan fingerprint density at radius 3 is 2.74 bits per heavy atom. The average Bonchev–Trinajstić information content (AvgIpc) is 2.97. The van der Waals surface area contributed by atoms with Crippen molar-refractivity contribution < 1.29 is 9.32 Å². The van der Waals surface area contributed by atoms with E-state index in [-0.39, 0.29) is 5.91 Å². The summed E-state index contributed by atoms with van der Waals surface area (Å²) in [4.78, 5) is 21.4. The Morgan fingerprint density at radius 2 is 2.09 bits per heavy atom. The first-order valence-electron chi connectivity index (χ1n) is 7.97. The van der Waals surface area contributed by atoms with Crippen LogP contribution < -0.4 is 0 Å². The first-order valence-corrected chi connectivity index (χ1v) is 7.97. The molecule has 1 fully saturated rings. The van der Waals surface area contributed by atoms with Crippen molar-refractivity contribution in [1.29, 1.82) is 0 Å². The molecule has 0 atom stereocenters. The maximum atomic E-state index is 12.7. The van der Waals surface area contributed by atoms with Gasteiger partial charge in [-0.25, -0.2) is 4.98 Å². The van der Waals surface area contributed by atoms with E-state index in [4.69, 9.17) is 4.52 Å². The Labute approximate surface area is 135 Å². The van der Waals surface area contributed by atoms with Crippen LogP contribution in [0, 0.1) is 13.8 Å². The molecule has 1 aliphatic rings. The van der Waals surface area contributed by atoms with Crippen molar-refractivity contribution in [2.75, 3.05) is 26.2 Å². The number of amides is 1. The number of hydrogen-bond acceptors (Lipinski definition) is 5. The molecule has 3 heterocycles. The van der Waals surface area contributed by atoms with E-state index in [1.807, 2.05) is 35.8 Å². The van der Waals surface area contributed by atoms with Crippen LogP contribution in [0.5, 0.6) is 0 Å². The van der Waals surface area contributed by atoms with Gasteiger partial charge in [0.15, 0.2) is 0 Å². The minimum Gasteiger partial charge on any atom is -0.361 e. The van der Waals surface area contributed by atoms with E-state index in [1.54, 1.807) is 6.92 Å². The van der Waals surface area contributed by atoms with Crippen LogP contribution in [0.4, 0.5) is 0 Å². The van der Waals surface area contributed by atoms with Crippen molar-refractivity contribution in [3.8, 4) is 0 Å². The quantitative estimate of drug-likeness (QED) is 0.855. The highest BCUT2D eigenvalue weighted by Crippen LogP contribution is 2.17. The molecule has 0 saturated carbocycles. The summed E-state index contributed by atoms with van der Waals surface area (Å²) in [5.74, 6) is 1.68. The maximum absolute atomic E-state index is 12.7. The number of nitrogens with zero attached hydrogens (tertiary/aromatic N) is 5. The topological polar surface area (TPSA) is 67.4 Å². The Kier molecular flexibility index (Phi) is 4.47. The summed E-state index contributed by atoms with van der Waals surface area (Å²) in [7, 11) is 2.01. The van der Waals surface area contributed by atoms with Gasteiger partial charge < -0.3 is 14.0 Å². The Hall–Kier alpha value is -2.15. The number of imidazole rings is 1. The lowest BCUT2D eigenvalue weighted by atomic mass is 10.1. The van der Waals surface area contributed by atoms with Crippen molar-refractivity contribution in [1.82, 2.24) is 24.5 Å². The molecule has 0 spiro atoms. The smallest absolute Gasteiger partial charge is 0.259 e. The van der Waals surface area contributed by atoms with Crippen molar-refractivity contribution in [3.63, 3.8) is 0 Å². The van der Waals surface area contributed by atoms with Gasteiger partial charge >= 0.3 is 0 Å². The minimum absolute atomic E-state index is 0.0279. The fourth-order valence-electron chi connectivity index (χ4n) is 3.03. The summed E-state index contributed by atoms with van der Waals surface area (Å²) in [6.45, 7) is 7.72. The van der Waals surface area contributed by atoms with Crippen molar-refractivity contribution in [2.24, 2.45) is 7.05 Å².